The van der Waals surface area contributed by atoms with Gasteiger partial charge in [-0.2, -0.15) is 0 Å². The summed E-state index contributed by atoms with van der Waals surface area (Å²) in [5, 5.41) is 27.4. The van der Waals surface area contributed by atoms with Gasteiger partial charge in [-0.25, -0.2) is 9.59 Å². The van der Waals surface area contributed by atoms with Crippen molar-refractivity contribution in [2.75, 3.05) is 33.5 Å². The summed E-state index contributed by atoms with van der Waals surface area (Å²) in [4.78, 5) is 34.7. The Morgan fingerprint density at radius 2 is 1.67 bits per heavy atom. The van der Waals surface area contributed by atoms with Crippen molar-refractivity contribution in [2.45, 2.75) is 82.3 Å². The number of fused-ring (bicyclic) bond motifs is 2. The molecule has 1 fully saturated rings. The number of likely N-dealkylation sites (N-methyl/N-ethyl adjacent to an activating group) is 1. The van der Waals surface area contributed by atoms with Gasteiger partial charge >= 0.3 is 12.2 Å². The number of hydrogen-bond donors (Lipinski definition) is 3. The van der Waals surface area contributed by atoms with Crippen LogP contribution in [0.5, 0.6) is 11.5 Å². The van der Waals surface area contributed by atoms with Crippen LogP contribution in [0.4, 0.5) is 9.59 Å². The van der Waals surface area contributed by atoms with E-state index >= 15 is 0 Å². The average molecular weight is 822 g/mol. The largest absolute Gasteiger partial charge is 0.459 e. The number of unbranched alkanes of at least 4 members (excludes halogenated alkanes) is 2. The number of carbonyl (C=O) groups excluding carboxylic acids is 2. The molecule has 0 spiro atoms. The molecule has 1 saturated carbocycles. The van der Waals surface area contributed by atoms with Crippen molar-refractivity contribution in [1.29, 1.82) is 0 Å². The lowest BCUT2D eigenvalue weighted by Crippen LogP contribution is -2.69. The van der Waals surface area contributed by atoms with E-state index in [9.17, 15) is 19.8 Å². The molecule has 3 N–H and O–H groups in total. The first-order valence-corrected chi connectivity index (χ1v) is 21.1. The van der Waals surface area contributed by atoms with Crippen molar-refractivity contribution in [1.82, 2.24) is 10.2 Å². The van der Waals surface area contributed by atoms with Crippen molar-refractivity contribution < 1.29 is 43.6 Å². The third-order valence-electron chi connectivity index (χ3n) is 11.7. The molecule has 3 aromatic rings. The Hall–Kier alpha value is -5.43. The van der Waals surface area contributed by atoms with E-state index in [0.29, 0.717) is 43.0 Å². The number of nitrogens with zero attached hydrogens (tertiary/aromatic N) is 2. The molecular formula is C48H59N3O9. The first-order valence-electron chi connectivity index (χ1n) is 21.1. The number of carbonyl (C=O) groups is 2. The van der Waals surface area contributed by atoms with Crippen molar-refractivity contribution in [3.63, 3.8) is 0 Å². The minimum atomic E-state index is -1.44. The zero-order valence-corrected chi connectivity index (χ0v) is 34.6. The lowest BCUT2D eigenvalue weighted by Gasteiger charge is -2.59. The van der Waals surface area contributed by atoms with Gasteiger partial charge in [-0.05, 0) is 78.8 Å². The van der Waals surface area contributed by atoms with Crippen LogP contribution in [0, 0.1) is 17.8 Å². The molecule has 3 aromatic carbocycles. The number of oxime groups is 1. The fraction of sp³-hybridized carbons (Fsp3) is 0.438. The highest BCUT2D eigenvalue weighted by Gasteiger charge is 2.65. The Labute approximate surface area is 353 Å². The molecule has 60 heavy (non-hydrogen) atoms. The molecule has 1 aliphatic heterocycles. The number of amides is 2. The van der Waals surface area contributed by atoms with Crippen molar-refractivity contribution in [2.24, 2.45) is 22.9 Å². The Kier molecular flexibility index (Phi) is 16.0. The van der Waals surface area contributed by atoms with E-state index in [4.69, 9.17) is 28.9 Å². The average Bonchev–Trinajstić information content (AvgIpc) is 3.27. The molecule has 1 heterocycles. The highest BCUT2D eigenvalue weighted by molar-refractivity contribution is 6.03. The number of rotatable bonds is 21. The number of nitrogens with one attached hydrogen (secondary N) is 1. The van der Waals surface area contributed by atoms with Crippen molar-refractivity contribution in [3.05, 3.63) is 133 Å². The molecule has 0 bridgehead atoms. The quantitative estimate of drug-likeness (QED) is 0.0547. The number of aliphatic hydroxyl groups excluding tert-OH is 2. The third kappa shape index (κ3) is 10.5. The van der Waals surface area contributed by atoms with Crippen LogP contribution in [0.1, 0.15) is 74.0 Å². The van der Waals surface area contributed by atoms with Gasteiger partial charge < -0.3 is 44.2 Å². The second-order valence-corrected chi connectivity index (χ2v) is 15.6. The highest BCUT2D eigenvalue weighted by Crippen LogP contribution is 2.61. The SMILES string of the molecule is C=CCCOC(=O)N(C)C1CC(=NOCc2ccccc2)C2=CC(CCCCO)C(CCCCO)C3c4cc(OC(=O)NCc5ccccc5)ccc4OC1(OCC=C)C23. The second-order valence-electron chi connectivity index (χ2n) is 15.6. The standard InChI is InChI=1S/C48H59N3O9/c1-4-6-28-56-47(55)51(3)43-31-41(50-58-33-35-19-11-8-12-20-35)39-29-36(21-13-15-25-52)38(22-14-16-26-53)44-40-30-37(59-46(54)49-32-34-17-9-7-10-18-34)23-24-42(40)60-48(43,45(39)44)57-27-5-2/h4-5,7-12,17-20,23-24,29-30,36,38,43-45,52-53H,1-2,6,13-16,21-22,25-28,31-33H2,3H3,(H,49,54). The predicted molar refractivity (Wildman–Crippen MR) is 229 cm³/mol. The van der Waals surface area contributed by atoms with E-state index in [1.807, 2.05) is 66.7 Å². The topological polar surface area (TPSA) is 148 Å². The molecule has 0 radical (unpaired) electrons. The molecule has 320 valence electrons. The number of hydrogen-bond acceptors (Lipinski definition) is 10. The summed E-state index contributed by atoms with van der Waals surface area (Å²) in [5.41, 5.74) is 4.29. The molecule has 12 heteroatoms. The van der Waals surface area contributed by atoms with Gasteiger partial charge in [-0.15, -0.1) is 13.2 Å². The minimum absolute atomic E-state index is 0.00408. The molecule has 0 saturated heterocycles. The monoisotopic (exact) mass is 821 g/mol. The van der Waals surface area contributed by atoms with Crippen LogP contribution in [0.25, 0.3) is 0 Å². The van der Waals surface area contributed by atoms with Crippen LogP contribution >= 0.6 is 0 Å². The summed E-state index contributed by atoms with van der Waals surface area (Å²) in [5.74, 6) is -1.34. The van der Waals surface area contributed by atoms with Crippen LogP contribution in [0.2, 0.25) is 0 Å². The second kappa shape index (κ2) is 21.7. The van der Waals surface area contributed by atoms with Crippen LogP contribution < -0.4 is 14.8 Å². The summed E-state index contributed by atoms with van der Waals surface area (Å²) >= 11 is 0. The summed E-state index contributed by atoms with van der Waals surface area (Å²) in [6.45, 7) is 8.72. The Morgan fingerprint density at radius 3 is 2.37 bits per heavy atom. The van der Waals surface area contributed by atoms with Gasteiger partial charge in [0.15, 0.2) is 0 Å². The highest BCUT2D eigenvalue weighted by atomic mass is 16.7. The summed E-state index contributed by atoms with van der Waals surface area (Å²) in [6.07, 6.45) is 9.62. The molecule has 6 unspecified atom stereocenters. The molecule has 12 nitrogen and oxygen atoms in total. The number of aliphatic hydroxyl groups is 2. The van der Waals surface area contributed by atoms with E-state index in [1.165, 1.54) is 0 Å². The molecule has 0 aromatic heterocycles. The van der Waals surface area contributed by atoms with Crippen molar-refractivity contribution in [3.8, 4) is 11.5 Å². The van der Waals surface area contributed by atoms with Crippen molar-refractivity contribution >= 4 is 17.9 Å². The van der Waals surface area contributed by atoms with Crippen LogP contribution in [0.3, 0.4) is 0 Å². The van der Waals surface area contributed by atoms with E-state index in [0.717, 1.165) is 47.9 Å². The molecule has 6 atom stereocenters. The Bertz CT molecular complexity index is 1950. The van der Waals surface area contributed by atoms with Gasteiger partial charge in [0.25, 0.3) is 0 Å². The van der Waals surface area contributed by atoms with Crippen LogP contribution in [-0.4, -0.2) is 78.3 Å². The maximum Gasteiger partial charge on any atom is 0.412 e. The normalized spacial score (nSPS) is 23.2. The smallest absolute Gasteiger partial charge is 0.412 e. The summed E-state index contributed by atoms with van der Waals surface area (Å²) in [6, 6.07) is 24.1. The Morgan fingerprint density at radius 1 is 0.950 bits per heavy atom. The molecular weight excluding hydrogens is 763 g/mol. The molecule has 6 rings (SSSR count). The van der Waals surface area contributed by atoms with E-state index in [1.54, 1.807) is 36.2 Å². The van der Waals surface area contributed by atoms with Gasteiger partial charge in [0.1, 0.15) is 24.1 Å². The Balaban J connectivity index is 1.49. The lowest BCUT2D eigenvalue weighted by molar-refractivity contribution is -0.253. The zero-order chi connectivity index (χ0) is 42.3. The van der Waals surface area contributed by atoms with Crippen LogP contribution in [0.15, 0.2) is 121 Å². The first-order chi connectivity index (χ1) is 29.3. The maximum absolute atomic E-state index is 13.9. The van der Waals surface area contributed by atoms with Gasteiger partial charge in [-0.1, -0.05) is 96.9 Å². The van der Waals surface area contributed by atoms with E-state index in [2.05, 4.69) is 24.6 Å². The third-order valence-corrected chi connectivity index (χ3v) is 11.7. The zero-order valence-electron chi connectivity index (χ0n) is 34.6. The fourth-order valence-electron chi connectivity index (χ4n) is 8.92. The summed E-state index contributed by atoms with van der Waals surface area (Å²) < 4.78 is 25.7. The van der Waals surface area contributed by atoms with E-state index < -0.39 is 29.9 Å². The molecule has 3 aliphatic rings. The molecule has 2 aliphatic carbocycles. The van der Waals surface area contributed by atoms with Gasteiger partial charge in [0.2, 0.25) is 5.79 Å². The number of ether oxygens (including phenoxy) is 4. The minimum Gasteiger partial charge on any atom is -0.459 e. The van der Waals surface area contributed by atoms with Gasteiger partial charge in [0.05, 0.1) is 24.8 Å². The van der Waals surface area contributed by atoms with Gasteiger partial charge in [-0.3, -0.25) is 0 Å². The van der Waals surface area contributed by atoms with Gasteiger partial charge in [0, 0.05) is 44.7 Å². The lowest BCUT2D eigenvalue weighted by atomic mass is 9.55. The van der Waals surface area contributed by atoms with Crippen LogP contribution in [-0.2, 0) is 27.5 Å². The number of benzene rings is 3. The predicted octanol–water partition coefficient (Wildman–Crippen LogP) is 8.45. The maximum atomic E-state index is 13.9. The fourth-order valence-corrected chi connectivity index (χ4v) is 8.92. The summed E-state index contributed by atoms with van der Waals surface area (Å²) in [7, 11) is 1.69. The van der Waals surface area contributed by atoms with E-state index in [-0.39, 0.29) is 57.2 Å². The first kappa shape index (κ1) is 44.1. The molecule has 2 amide bonds. The number of allylic oxidation sites excluding steroid dienone is 1.